The molecule has 0 saturated carbocycles. The van der Waals surface area contributed by atoms with Gasteiger partial charge >= 0.3 is 0 Å². The summed E-state index contributed by atoms with van der Waals surface area (Å²) in [6.07, 6.45) is 5.67. The fourth-order valence-electron chi connectivity index (χ4n) is 3.90. The zero-order chi connectivity index (χ0) is 23.6. The monoisotopic (exact) mass is 460 g/mol. The van der Waals surface area contributed by atoms with Gasteiger partial charge < -0.3 is 21.7 Å². The minimum atomic E-state index is 0.0876. The third-order valence-electron chi connectivity index (χ3n) is 5.61. The van der Waals surface area contributed by atoms with Gasteiger partial charge in [0.15, 0.2) is 0 Å². The number of pyridine rings is 1. The molecule has 2 aliphatic rings. The van der Waals surface area contributed by atoms with Crippen LogP contribution in [0.15, 0.2) is 54.9 Å². The zero-order valence-electron chi connectivity index (χ0n) is 19.3. The molecule has 1 amide bonds. The molecule has 3 aromatic rings. The number of rotatable bonds is 2. The molecule has 1 aromatic carbocycles. The lowest BCUT2D eigenvalue weighted by molar-refractivity contribution is -0.121. The molecule has 9 heteroatoms. The van der Waals surface area contributed by atoms with Crippen molar-refractivity contribution in [2.24, 2.45) is 5.73 Å². The Morgan fingerprint density at radius 3 is 2.79 bits per heavy atom. The summed E-state index contributed by atoms with van der Waals surface area (Å²) in [7, 11) is 0. The highest BCUT2D eigenvalue weighted by atomic mass is 16.1. The van der Waals surface area contributed by atoms with Crippen molar-refractivity contribution < 1.29 is 4.79 Å². The minimum Gasteiger partial charge on any atom is -0.370 e. The first-order valence-electron chi connectivity index (χ1n) is 11.8. The van der Waals surface area contributed by atoms with Crippen LogP contribution in [0.5, 0.6) is 0 Å². The molecule has 5 rings (SSSR count). The number of benzene rings is 1. The van der Waals surface area contributed by atoms with E-state index in [9.17, 15) is 4.79 Å². The van der Waals surface area contributed by atoms with Crippen LogP contribution in [-0.4, -0.2) is 58.5 Å². The normalized spacial score (nSPS) is 15.9. The van der Waals surface area contributed by atoms with E-state index in [2.05, 4.69) is 47.9 Å². The van der Waals surface area contributed by atoms with Crippen molar-refractivity contribution in [3.05, 3.63) is 60.4 Å². The standard InChI is InChI=1S/C25H32N8O/c26-10-15-33-14-2-6-24(34)28-12-3-11-27-23-8-7-20(17-30-23)22-9-13-29-25(32-22)31-21-5-1-4-19(16-21)18-33/h1,4-5,7-9,13,16-17H,2-3,6,10-12,14-15,18,26H2,(H,27,30)(H,28,34)(H,29,31,32). The highest BCUT2D eigenvalue weighted by Crippen LogP contribution is 2.21. The lowest BCUT2D eigenvalue weighted by atomic mass is 10.1. The first-order valence-corrected chi connectivity index (χ1v) is 11.8. The summed E-state index contributed by atoms with van der Waals surface area (Å²) in [6, 6.07) is 14.0. The van der Waals surface area contributed by atoms with E-state index < -0.39 is 0 Å². The van der Waals surface area contributed by atoms with Crippen LogP contribution in [0.2, 0.25) is 0 Å². The van der Waals surface area contributed by atoms with Gasteiger partial charge in [0.25, 0.3) is 0 Å². The van der Waals surface area contributed by atoms with Gasteiger partial charge in [-0.15, -0.1) is 0 Å². The summed E-state index contributed by atoms with van der Waals surface area (Å²) in [5, 5.41) is 9.61. The largest absolute Gasteiger partial charge is 0.370 e. The van der Waals surface area contributed by atoms with Gasteiger partial charge in [-0.2, -0.15) is 0 Å². The number of fused-ring (bicyclic) bond motifs is 12. The minimum absolute atomic E-state index is 0.0876. The van der Waals surface area contributed by atoms with Crippen LogP contribution in [0, 0.1) is 0 Å². The van der Waals surface area contributed by atoms with Gasteiger partial charge in [0, 0.05) is 62.8 Å². The van der Waals surface area contributed by atoms with Crippen LogP contribution in [0.3, 0.4) is 0 Å². The quantitative estimate of drug-likeness (QED) is 0.461. The molecule has 34 heavy (non-hydrogen) atoms. The Morgan fingerprint density at radius 1 is 1.03 bits per heavy atom. The number of amides is 1. The van der Waals surface area contributed by atoms with Crippen molar-refractivity contribution in [3.63, 3.8) is 0 Å². The molecule has 0 radical (unpaired) electrons. The Bertz CT molecular complexity index is 1070. The third-order valence-corrected chi connectivity index (χ3v) is 5.61. The van der Waals surface area contributed by atoms with Crippen LogP contribution in [-0.2, 0) is 11.3 Å². The predicted octanol–water partition coefficient (Wildman–Crippen LogP) is 2.75. The topological polar surface area (TPSA) is 121 Å². The number of nitrogens with one attached hydrogen (secondary N) is 3. The second kappa shape index (κ2) is 12.1. The smallest absolute Gasteiger partial charge is 0.227 e. The van der Waals surface area contributed by atoms with Crippen molar-refractivity contribution in [1.29, 1.82) is 0 Å². The van der Waals surface area contributed by atoms with Crippen LogP contribution in [0.25, 0.3) is 11.3 Å². The maximum atomic E-state index is 12.2. The molecular formula is C25H32N8O. The summed E-state index contributed by atoms with van der Waals surface area (Å²) >= 11 is 0. The highest BCUT2D eigenvalue weighted by molar-refractivity contribution is 5.75. The Morgan fingerprint density at radius 2 is 1.94 bits per heavy atom. The van der Waals surface area contributed by atoms with E-state index in [1.165, 1.54) is 0 Å². The number of nitrogens with two attached hydrogens (primary N) is 1. The van der Waals surface area contributed by atoms with Crippen LogP contribution < -0.4 is 21.7 Å². The van der Waals surface area contributed by atoms with Gasteiger partial charge in [0.05, 0.1) is 5.69 Å². The first-order chi connectivity index (χ1) is 16.7. The maximum Gasteiger partial charge on any atom is 0.227 e. The van der Waals surface area contributed by atoms with E-state index in [0.717, 1.165) is 67.3 Å². The summed E-state index contributed by atoms with van der Waals surface area (Å²) in [5.41, 5.74) is 9.63. The second-order valence-electron chi connectivity index (χ2n) is 8.32. The van der Waals surface area contributed by atoms with Gasteiger partial charge in [0.1, 0.15) is 5.82 Å². The van der Waals surface area contributed by atoms with Crippen molar-refractivity contribution in [1.82, 2.24) is 25.2 Å². The average Bonchev–Trinajstić information content (AvgIpc) is 2.84. The van der Waals surface area contributed by atoms with Crippen LogP contribution in [0.4, 0.5) is 17.5 Å². The van der Waals surface area contributed by atoms with Gasteiger partial charge in [-0.1, -0.05) is 12.1 Å². The Balaban J connectivity index is 1.55. The van der Waals surface area contributed by atoms with Gasteiger partial charge in [0.2, 0.25) is 11.9 Å². The van der Waals surface area contributed by atoms with Gasteiger partial charge in [-0.25, -0.2) is 15.0 Å². The van der Waals surface area contributed by atoms with E-state index in [1.54, 1.807) is 12.4 Å². The number of aromatic nitrogens is 3. The molecule has 0 fully saturated rings. The predicted molar refractivity (Wildman–Crippen MR) is 135 cm³/mol. The van der Waals surface area contributed by atoms with E-state index in [-0.39, 0.29) is 5.91 Å². The molecule has 9 nitrogen and oxygen atoms in total. The second-order valence-corrected chi connectivity index (χ2v) is 8.32. The molecule has 0 unspecified atom stereocenters. The van der Waals surface area contributed by atoms with Crippen LogP contribution in [0.1, 0.15) is 24.8 Å². The Hall–Kier alpha value is -3.56. The fourth-order valence-corrected chi connectivity index (χ4v) is 3.90. The SMILES string of the molecule is NCCN1CCCC(=O)NCCCNc2ccc(cn2)-c2ccnc(n2)Nc2cccc(c2)C1. The number of carbonyl (C=O) groups excluding carboxylic acids is 1. The molecular weight excluding hydrogens is 428 g/mol. The Kier molecular flexibility index (Phi) is 8.37. The van der Waals surface area contributed by atoms with E-state index >= 15 is 0 Å². The number of anilines is 3. The van der Waals surface area contributed by atoms with Gasteiger partial charge in [-0.3, -0.25) is 9.69 Å². The molecule has 178 valence electrons. The van der Waals surface area contributed by atoms with E-state index in [4.69, 9.17) is 5.73 Å². The van der Waals surface area contributed by atoms with E-state index in [0.29, 0.717) is 25.5 Å². The zero-order valence-corrected chi connectivity index (χ0v) is 19.3. The van der Waals surface area contributed by atoms with E-state index in [1.807, 2.05) is 30.3 Å². The van der Waals surface area contributed by atoms with Crippen molar-refractivity contribution in [2.75, 3.05) is 43.4 Å². The molecule has 2 aliphatic heterocycles. The summed E-state index contributed by atoms with van der Waals surface area (Å²) in [5.74, 6) is 1.41. The molecule has 5 N–H and O–H groups in total. The maximum absolute atomic E-state index is 12.2. The Labute approximate surface area is 200 Å². The number of carbonyl (C=O) groups is 1. The molecule has 6 bridgehead atoms. The number of hydrogen-bond acceptors (Lipinski definition) is 8. The van der Waals surface area contributed by atoms with Crippen molar-refractivity contribution in [2.45, 2.75) is 25.8 Å². The molecule has 0 spiro atoms. The average molecular weight is 461 g/mol. The summed E-state index contributed by atoms with van der Waals surface area (Å²) in [6.45, 7) is 4.31. The fraction of sp³-hybridized carbons (Fsp3) is 0.360. The molecule has 4 heterocycles. The van der Waals surface area contributed by atoms with Crippen LogP contribution >= 0.6 is 0 Å². The first kappa shape index (κ1) is 23.6. The van der Waals surface area contributed by atoms with Crippen molar-refractivity contribution in [3.8, 4) is 11.3 Å². The lowest BCUT2D eigenvalue weighted by Crippen LogP contribution is -2.31. The highest BCUT2D eigenvalue weighted by Gasteiger charge is 2.09. The van der Waals surface area contributed by atoms with Crippen molar-refractivity contribution >= 4 is 23.4 Å². The molecule has 0 aliphatic carbocycles. The molecule has 2 aromatic heterocycles. The molecule has 0 atom stereocenters. The summed E-state index contributed by atoms with van der Waals surface area (Å²) < 4.78 is 0. The van der Waals surface area contributed by atoms with Gasteiger partial charge in [-0.05, 0) is 55.3 Å². The molecule has 0 saturated heterocycles. The lowest BCUT2D eigenvalue weighted by Gasteiger charge is -2.22. The number of hydrogen-bond donors (Lipinski definition) is 4. The third kappa shape index (κ3) is 6.97. The summed E-state index contributed by atoms with van der Waals surface area (Å²) in [4.78, 5) is 28.0. The number of nitrogens with zero attached hydrogens (tertiary/aromatic N) is 4.